The van der Waals surface area contributed by atoms with Gasteiger partial charge in [-0.3, -0.25) is 4.79 Å². The molecular formula is C13H23N3O2. The zero-order valence-electron chi connectivity index (χ0n) is 11.1. The van der Waals surface area contributed by atoms with Gasteiger partial charge in [0.05, 0.1) is 5.92 Å². The van der Waals surface area contributed by atoms with Gasteiger partial charge in [0.1, 0.15) is 0 Å². The van der Waals surface area contributed by atoms with Crippen molar-refractivity contribution in [2.45, 2.75) is 45.6 Å². The topological polar surface area (TPSA) is 87.7 Å². The normalized spacial score (nSPS) is 34.3. The fourth-order valence-electron chi connectivity index (χ4n) is 3.58. The minimum Gasteiger partial charge on any atom is -0.409 e. The number of amides is 1. The van der Waals surface area contributed by atoms with Gasteiger partial charge in [-0.15, -0.1) is 0 Å². The lowest BCUT2D eigenvalue weighted by molar-refractivity contribution is -0.123. The molecule has 2 bridgehead atoms. The highest BCUT2D eigenvalue weighted by molar-refractivity contribution is 6.01. The zero-order valence-corrected chi connectivity index (χ0v) is 11.1. The largest absolute Gasteiger partial charge is 0.409 e. The van der Waals surface area contributed by atoms with Gasteiger partial charge in [0, 0.05) is 6.04 Å². The first-order valence-corrected chi connectivity index (χ1v) is 6.80. The summed E-state index contributed by atoms with van der Waals surface area (Å²) in [6.45, 7) is 3.72. The molecule has 0 heterocycles. The van der Waals surface area contributed by atoms with E-state index >= 15 is 0 Å². The summed E-state index contributed by atoms with van der Waals surface area (Å²) in [7, 11) is 0. The fraction of sp³-hybridized carbons (Fsp3) is 0.846. The van der Waals surface area contributed by atoms with Crippen molar-refractivity contribution in [1.82, 2.24) is 5.32 Å². The van der Waals surface area contributed by atoms with Gasteiger partial charge < -0.3 is 16.3 Å². The van der Waals surface area contributed by atoms with Crippen LogP contribution in [0.2, 0.25) is 0 Å². The minimum absolute atomic E-state index is 0.0346. The second-order valence-corrected chi connectivity index (χ2v) is 5.88. The van der Waals surface area contributed by atoms with Crippen LogP contribution in [0.1, 0.15) is 39.5 Å². The number of hydrogen-bond acceptors (Lipinski definition) is 3. The summed E-state index contributed by atoms with van der Waals surface area (Å²) in [5.74, 6) is 1.50. The molecule has 2 fully saturated rings. The van der Waals surface area contributed by atoms with Crippen molar-refractivity contribution in [3.63, 3.8) is 0 Å². The lowest BCUT2D eigenvalue weighted by atomic mass is 9.84. The molecule has 1 amide bonds. The van der Waals surface area contributed by atoms with Crippen LogP contribution in [0, 0.1) is 23.7 Å². The second kappa shape index (κ2) is 5.16. The number of carbonyl (C=O) groups excluding carboxylic acids is 1. The van der Waals surface area contributed by atoms with Gasteiger partial charge >= 0.3 is 0 Å². The van der Waals surface area contributed by atoms with E-state index in [2.05, 4.69) is 17.4 Å². The quantitative estimate of drug-likeness (QED) is 0.305. The number of nitrogens with one attached hydrogen (secondary N) is 1. The second-order valence-electron chi connectivity index (χ2n) is 5.88. The molecule has 2 saturated carbocycles. The molecule has 0 aliphatic heterocycles. The summed E-state index contributed by atoms with van der Waals surface area (Å²) in [5.41, 5.74) is 5.45. The highest BCUT2D eigenvalue weighted by Crippen LogP contribution is 2.49. The summed E-state index contributed by atoms with van der Waals surface area (Å²) >= 11 is 0. The van der Waals surface area contributed by atoms with Crippen LogP contribution < -0.4 is 11.1 Å². The van der Waals surface area contributed by atoms with Crippen LogP contribution in [0.5, 0.6) is 0 Å². The predicted octanol–water partition coefficient (Wildman–Crippen LogP) is 1.31. The van der Waals surface area contributed by atoms with Crippen LogP contribution >= 0.6 is 0 Å². The molecule has 5 nitrogen and oxygen atoms in total. The number of amidine groups is 1. The number of oxime groups is 1. The van der Waals surface area contributed by atoms with Gasteiger partial charge in [-0.05, 0) is 50.9 Å². The Morgan fingerprint density at radius 2 is 2.11 bits per heavy atom. The van der Waals surface area contributed by atoms with Crippen LogP contribution in [-0.4, -0.2) is 23.0 Å². The molecule has 18 heavy (non-hydrogen) atoms. The molecule has 0 aromatic rings. The van der Waals surface area contributed by atoms with Crippen molar-refractivity contribution in [1.29, 1.82) is 0 Å². The third-order valence-corrected chi connectivity index (χ3v) is 4.76. The van der Waals surface area contributed by atoms with Gasteiger partial charge in [0.15, 0.2) is 5.84 Å². The average molecular weight is 253 g/mol. The number of hydrogen-bond donors (Lipinski definition) is 3. The Balaban J connectivity index is 1.88. The minimum atomic E-state index is -0.573. The number of nitrogens with zero attached hydrogens (tertiary/aromatic N) is 1. The Bertz CT molecular complexity index is 356. The maximum absolute atomic E-state index is 11.9. The molecule has 0 aromatic carbocycles. The van der Waals surface area contributed by atoms with E-state index in [1.807, 2.05) is 0 Å². The first-order chi connectivity index (χ1) is 8.52. The molecule has 2 aliphatic rings. The summed E-state index contributed by atoms with van der Waals surface area (Å²) in [6.07, 6.45) is 5.25. The standard InChI is InChI=1S/C13H23N3O2/c1-7(12(14)16-18)13(17)15-8(2)11-6-9-3-4-10(11)5-9/h7-11,18H,3-6H2,1-2H3,(H2,14,16)(H,15,17). The number of fused-ring (bicyclic) bond motifs is 2. The van der Waals surface area contributed by atoms with Crippen LogP contribution in [0.4, 0.5) is 0 Å². The molecule has 4 N–H and O–H groups in total. The summed E-state index contributed by atoms with van der Waals surface area (Å²) in [5, 5.41) is 14.5. The van der Waals surface area contributed by atoms with E-state index in [0.717, 1.165) is 11.8 Å². The van der Waals surface area contributed by atoms with Crippen LogP contribution in [0.25, 0.3) is 0 Å². The molecule has 5 atom stereocenters. The molecular weight excluding hydrogens is 230 g/mol. The number of rotatable bonds is 4. The zero-order chi connectivity index (χ0) is 13.3. The Kier molecular flexibility index (Phi) is 3.78. The third-order valence-electron chi connectivity index (χ3n) is 4.76. The van der Waals surface area contributed by atoms with Gasteiger partial charge in [-0.1, -0.05) is 11.6 Å². The van der Waals surface area contributed by atoms with Crippen molar-refractivity contribution in [3.8, 4) is 0 Å². The van der Waals surface area contributed by atoms with E-state index < -0.39 is 5.92 Å². The predicted molar refractivity (Wildman–Crippen MR) is 69.1 cm³/mol. The number of nitrogens with two attached hydrogens (primary N) is 1. The molecule has 0 spiro atoms. The molecule has 0 aromatic heterocycles. The summed E-state index contributed by atoms with van der Waals surface area (Å²) in [6, 6.07) is 0.182. The smallest absolute Gasteiger partial charge is 0.230 e. The van der Waals surface area contributed by atoms with Gasteiger partial charge in [-0.2, -0.15) is 0 Å². The highest BCUT2D eigenvalue weighted by atomic mass is 16.4. The lowest BCUT2D eigenvalue weighted by Gasteiger charge is -2.29. The summed E-state index contributed by atoms with van der Waals surface area (Å²) < 4.78 is 0. The van der Waals surface area contributed by atoms with Crippen molar-refractivity contribution >= 4 is 11.7 Å². The monoisotopic (exact) mass is 253 g/mol. The SMILES string of the molecule is CC(C(=O)NC(C)C1CC2CCC1C2)/C(N)=N/O. The third kappa shape index (κ3) is 2.44. The summed E-state index contributed by atoms with van der Waals surface area (Å²) in [4.78, 5) is 11.9. The van der Waals surface area contributed by atoms with E-state index in [9.17, 15) is 4.79 Å². The van der Waals surface area contributed by atoms with Crippen molar-refractivity contribution in [2.24, 2.45) is 34.6 Å². The molecule has 5 heteroatoms. The molecule has 0 saturated heterocycles. The van der Waals surface area contributed by atoms with E-state index in [1.165, 1.54) is 25.7 Å². The maximum Gasteiger partial charge on any atom is 0.230 e. The first kappa shape index (κ1) is 13.2. The van der Waals surface area contributed by atoms with Gasteiger partial charge in [-0.25, -0.2) is 0 Å². The van der Waals surface area contributed by atoms with E-state index in [0.29, 0.717) is 5.92 Å². The Hall–Kier alpha value is -1.26. The van der Waals surface area contributed by atoms with E-state index in [4.69, 9.17) is 10.9 Å². The highest BCUT2D eigenvalue weighted by Gasteiger charge is 2.42. The van der Waals surface area contributed by atoms with Crippen molar-refractivity contribution in [2.75, 3.05) is 0 Å². The van der Waals surface area contributed by atoms with Gasteiger partial charge in [0.25, 0.3) is 0 Å². The van der Waals surface area contributed by atoms with E-state index in [1.54, 1.807) is 6.92 Å². The molecule has 5 unspecified atom stereocenters. The molecule has 102 valence electrons. The first-order valence-electron chi connectivity index (χ1n) is 6.80. The van der Waals surface area contributed by atoms with Crippen LogP contribution in [0.3, 0.4) is 0 Å². The van der Waals surface area contributed by atoms with Crippen molar-refractivity contribution in [3.05, 3.63) is 0 Å². The molecule has 2 aliphatic carbocycles. The fourth-order valence-corrected chi connectivity index (χ4v) is 3.58. The van der Waals surface area contributed by atoms with E-state index in [-0.39, 0.29) is 17.8 Å². The maximum atomic E-state index is 11.9. The Morgan fingerprint density at radius 3 is 2.61 bits per heavy atom. The number of carbonyl (C=O) groups is 1. The average Bonchev–Trinajstić information content (AvgIpc) is 2.98. The van der Waals surface area contributed by atoms with Crippen LogP contribution in [0.15, 0.2) is 5.16 Å². The molecule has 0 radical (unpaired) electrons. The Morgan fingerprint density at radius 1 is 1.39 bits per heavy atom. The Labute approximate surface area is 108 Å². The van der Waals surface area contributed by atoms with Crippen molar-refractivity contribution < 1.29 is 10.0 Å². The lowest BCUT2D eigenvalue weighted by Crippen LogP contribution is -2.45. The molecule has 2 rings (SSSR count). The van der Waals surface area contributed by atoms with Gasteiger partial charge in [0.2, 0.25) is 5.91 Å². The van der Waals surface area contributed by atoms with Crippen LogP contribution in [-0.2, 0) is 4.79 Å².